The van der Waals surface area contributed by atoms with Crippen molar-refractivity contribution >= 4 is 15.9 Å². The lowest BCUT2D eigenvalue weighted by molar-refractivity contribution is 0.164. The molecule has 0 bridgehead atoms. The Morgan fingerprint density at radius 3 is 2.48 bits per heavy atom. The van der Waals surface area contributed by atoms with Crippen LogP contribution >= 0.6 is 15.9 Å². The van der Waals surface area contributed by atoms with Crippen LogP contribution in [0.1, 0.15) is 25.7 Å². The second-order valence-electron chi connectivity index (χ2n) is 6.22. The molecule has 3 rings (SSSR count). The van der Waals surface area contributed by atoms with Crippen LogP contribution in [0.3, 0.4) is 0 Å². The number of rotatable bonds is 7. The minimum Gasteiger partial charge on any atom is -0.492 e. The van der Waals surface area contributed by atoms with E-state index in [1.165, 1.54) is 45.3 Å². The van der Waals surface area contributed by atoms with E-state index in [2.05, 4.69) is 26.1 Å². The fourth-order valence-electron chi connectivity index (χ4n) is 3.07. The highest BCUT2D eigenvalue weighted by Gasteiger charge is 2.30. The Hall–Kier alpha value is -0.580. The van der Waals surface area contributed by atoms with Gasteiger partial charge in [0.2, 0.25) is 0 Å². The van der Waals surface area contributed by atoms with Gasteiger partial charge < -0.3 is 10.1 Å². The van der Waals surface area contributed by atoms with Crippen molar-refractivity contribution in [1.82, 2.24) is 10.2 Å². The number of nitrogens with zero attached hydrogens (tertiary/aromatic N) is 1. The summed E-state index contributed by atoms with van der Waals surface area (Å²) >= 11 is 3.45. The highest BCUT2D eigenvalue weighted by atomic mass is 79.9. The molecule has 0 amide bonds. The first-order chi connectivity index (χ1) is 10.3. The summed E-state index contributed by atoms with van der Waals surface area (Å²) in [7, 11) is 0. The molecule has 1 N–H and O–H groups in total. The number of hydrogen-bond donors (Lipinski definition) is 1. The van der Waals surface area contributed by atoms with Crippen LogP contribution in [-0.2, 0) is 0 Å². The molecule has 1 saturated heterocycles. The maximum absolute atomic E-state index is 5.88. The van der Waals surface area contributed by atoms with Gasteiger partial charge in [-0.3, -0.25) is 4.90 Å². The van der Waals surface area contributed by atoms with Gasteiger partial charge in [0.05, 0.1) is 0 Å². The molecular formula is C17H25BrN2O. The molecule has 0 spiro atoms. The van der Waals surface area contributed by atoms with Crippen LogP contribution in [0.25, 0.3) is 0 Å². The van der Waals surface area contributed by atoms with Gasteiger partial charge in [-0.05, 0) is 69.0 Å². The molecule has 1 aromatic carbocycles. The second-order valence-corrected chi connectivity index (χ2v) is 7.14. The van der Waals surface area contributed by atoms with E-state index in [0.717, 1.165) is 35.3 Å². The maximum Gasteiger partial charge on any atom is 0.119 e. The topological polar surface area (TPSA) is 24.5 Å². The van der Waals surface area contributed by atoms with E-state index < -0.39 is 0 Å². The van der Waals surface area contributed by atoms with Crippen LogP contribution in [0.2, 0.25) is 0 Å². The molecule has 1 aliphatic heterocycles. The molecule has 1 saturated carbocycles. The van der Waals surface area contributed by atoms with Crippen LogP contribution in [0.15, 0.2) is 28.7 Å². The Bertz CT molecular complexity index is 427. The molecule has 0 unspecified atom stereocenters. The summed E-state index contributed by atoms with van der Waals surface area (Å²) in [5, 5.41) is 3.45. The average molecular weight is 353 g/mol. The predicted molar refractivity (Wildman–Crippen MR) is 89.8 cm³/mol. The number of ether oxygens (including phenoxy) is 1. The SMILES string of the molecule is Brc1ccc(OCCN(CC2CCNCC2)C2CC2)cc1. The van der Waals surface area contributed by atoms with Gasteiger partial charge in [-0.15, -0.1) is 0 Å². The molecule has 1 aliphatic carbocycles. The van der Waals surface area contributed by atoms with Gasteiger partial charge in [0, 0.05) is 23.6 Å². The van der Waals surface area contributed by atoms with Crippen molar-refractivity contribution in [3.05, 3.63) is 28.7 Å². The smallest absolute Gasteiger partial charge is 0.119 e. The molecule has 116 valence electrons. The van der Waals surface area contributed by atoms with Crippen LogP contribution in [0, 0.1) is 5.92 Å². The first kappa shape index (κ1) is 15.3. The van der Waals surface area contributed by atoms with Crippen molar-refractivity contribution < 1.29 is 4.74 Å². The highest BCUT2D eigenvalue weighted by Crippen LogP contribution is 2.28. The molecule has 4 heteroatoms. The quantitative estimate of drug-likeness (QED) is 0.814. The van der Waals surface area contributed by atoms with Gasteiger partial charge in [-0.1, -0.05) is 15.9 Å². The number of hydrogen-bond acceptors (Lipinski definition) is 3. The van der Waals surface area contributed by atoms with Gasteiger partial charge in [-0.2, -0.15) is 0 Å². The molecule has 0 aromatic heterocycles. The molecule has 21 heavy (non-hydrogen) atoms. The Balaban J connectivity index is 1.43. The standard InChI is InChI=1S/C17H25BrN2O/c18-15-1-5-17(6-2-15)21-12-11-20(16-3-4-16)13-14-7-9-19-10-8-14/h1-2,5-6,14,16,19H,3-4,7-13H2. The van der Waals surface area contributed by atoms with Crippen molar-refractivity contribution in [2.24, 2.45) is 5.92 Å². The second kappa shape index (κ2) is 7.61. The number of nitrogens with one attached hydrogen (secondary N) is 1. The van der Waals surface area contributed by atoms with E-state index in [0.29, 0.717) is 0 Å². The summed E-state index contributed by atoms with van der Waals surface area (Å²) < 4.78 is 6.98. The molecule has 0 radical (unpaired) electrons. The molecule has 3 nitrogen and oxygen atoms in total. The van der Waals surface area contributed by atoms with E-state index in [-0.39, 0.29) is 0 Å². The number of benzene rings is 1. The zero-order valence-corrected chi connectivity index (χ0v) is 14.1. The highest BCUT2D eigenvalue weighted by molar-refractivity contribution is 9.10. The first-order valence-corrected chi connectivity index (χ1v) is 8.94. The van der Waals surface area contributed by atoms with Gasteiger partial charge in [0.25, 0.3) is 0 Å². The van der Waals surface area contributed by atoms with E-state index in [9.17, 15) is 0 Å². The lowest BCUT2D eigenvalue weighted by atomic mass is 9.97. The van der Waals surface area contributed by atoms with Crippen molar-refractivity contribution in [2.45, 2.75) is 31.7 Å². The predicted octanol–water partition coefficient (Wildman–Crippen LogP) is 3.29. The van der Waals surface area contributed by atoms with Crippen LogP contribution in [0.5, 0.6) is 5.75 Å². The van der Waals surface area contributed by atoms with Crippen LogP contribution < -0.4 is 10.1 Å². The molecular weight excluding hydrogens is 328 g/mol. The summed E-state index contributed by atoms with van der Waals surface area (Å²) in [6.07, 6.45) is 5.42. The van der Waals surface area contributed by atoms with E-state index in [1.807, 2.05) is 24.3 Å². The normalized spacial score (nSPS) is 19.9. The largest absolute Gasteiger partial charge is 0.492 e. The summed E-state index contributed by atoms with van der Waals surface area (Å²) in [5.74, 6) is 1.84. The van der Waals surface area contributed by atoms with Gasteiger partial charge in [0.1, 0.15) is 12.4 Å². The van der Waals surface area contributed by atoms with Crippen LogP contribution in [-0.4, -0.2) is 43.7 Å². The van der Waals surface area contributed by atoms with Crippen molar-refractivity contribution in [2.75, 3.05) is 32.8 Å². The van der Waals surface area contributed by atoms with Crippen LogP contribution in [0.4, 0.5) is 0 Å². The Morgan fingerprint density at radius 2 is 1.81 bits per heavy atom. The fraction of sp³-hybridized carbons (Fsp3) is 0.647. The van der Waals surface area contributed by atoms with Crippen molar-refractivity contribution in [1.29, 1.82) is 0 Å². The summed E-state index contributed by atoms with van der Waals surface area (Å²) in [4.78, 5) is 2.66. The summed E-state index contributed by atoms with van der Waals surface area (Å²) in [6.45, 7) is 5.50. The Kier molecular flexibility index (Phi) is 5.55. The third kappa shape index (κ3) is 4.97. The molecule has 2 fully saturated rings. The number of halogens is 1. The molecule has 1 heterocycles. The summed E-state index contributed by atoms with van der Waals surface area (Å²) in [6, 6.07) is 8.94. The lowest BCUT2D eigenvalue weighted by Crippen LogP contribution is -2.39. The van der Waals surface area contributed by atoms with Crippen molar-refractivity contribution in [3.63, 3.8) is 0 Å². The zero-order valence-electron chi connectivity index (χ0n) is 12.6. The Labute approximate surface area is 136 Å². The molecule has 2 aliphatic rings. The van der Waals surface area contributed by atoms with Crippen molar-refractivity contribution in [3.8, 4) is 5.75 Å². The summed E-state index contributed by atoms with van der Waals surface area (Å²) in [5.41, 5.74) is 0. The van der Waals surface area contributed by atoms with E-state index >= 15 is 0 Å². The molecule has 1 aromatic rings. The minimum absolute atomic E-state index is 0.795. The van der Waals surface area contributed by atoms with Gasteiger partial charge >= 0.3 is 0 Å². The van der Waals surface area contributed by atoms with Gasteiger partial charge in [0.15, 0.2) is 0 Å². The average Bonchev–Trinajstić information content (AvgIpc) is 3.34. The maximum atomic E-state index is 5.88. The Morgan fingerprint density at radius 1 is 1.10 bits per heavy atom. The third-order valence-electron chi connectivity index (χ3n) is 4.48. The van der Waals surface area contributed by atoms with E-state index in [1.54, 1.807) is 0 Å². The molecule has 0 atom stereocenters. The third-order valence-corrected chi connectivity index (χ3v) is 5.00. The lowest BCUT2D eigenvalue weighted by Gasteiger charge is -2.30. The van der Waals surface area contributed by atoms with Gasteiger partial charge in [-0.25, -0.2) is 0 Å². The monoisotopic (exact) mass is 352 g/mol. The number of piperidine rings is 1. The minimum atomic E-state index is 0.795. The first-order valence-electron chi connectivity index (χ1n) is 8.14. The zero-order chi connectivity index (χ0) is 14.5. The van der Waals surface area contributed by atoms with E-state index in [4.69, 9.17) is 4.74 Å². The fourth-order valence-corrected chi connectivity index (χ4v) is 3.33.